The molecular formula is C22H24F2N4O2S. The highest BCUT2D eigenvalue weighted by atomic mass is 32.2. The summed E-state index contributed by atoms with van der Waals surface area (Å²) in [5.41, 5.74) is 3.53. The highest BCUT2D eigenvalue weighted by molar-refractivity contribution is 7.89. The number of benzene rings is 2. The van der Waals surface area contributed by atoms with E-state index in [-0.39, 0.29) is 19.1 Å². The van der Waals surface area contributed by atoms with E-state index in [1.165, 1.54) is 0 Å². The number of imidazole rings is 1. The molecule has 0 radical (unpaired) electrons. The lowest BCUT2D eigenvalue weighted by atomic mass is 10.0. The molecule has 31 heavy (non-hydrogen) atoms. The van der Waals surface area contributed by atoms with Crippen molar-refractivity contribution in [1.82, 2.24) is 14.3 Å². The van der Waals surface area contributed by atoms with Crippen molar-refractivity contribution in [3.63, 3.8) is 0 Å². The van der Waals surface area contributed by atoms with Gasteiger partial charge in [0.15, 0.2) is 0 Å². The second-order valence-corrected chi connectivity index (χ2v) is 9.51. The van der Waals surface area contributed by atoms with Crippen LogP contribution in [-0.4, -0.2) is 41.0 Å². The standard InChI is InChI=1S/C22H24F2N4O2S/c23-22(24)31(29,30)27-13-18-8-4-5-9-21(18)28(14-19-12-25-16-26-19)20(15-27)11-10-17-6-2-1-3-7-17/h1-9,12,16,20,22H,10-11,13-15H2,(H,25,26)/t20-/m1/s1. The molecule has 0 unspecified atom stereocenters. The van der Waals surface area contributed by atoms with Crippen LogP contribution < -0.4 is 4.90 Å². The lowest BCUT2D eigenvalue weighted by Gasteiger charge is -2.34. The highest BCUT2D eigenvalue weighted by Crippen LogP contribution is 2.32. The number of rotatable bonds is 7. The summed E-state index contributed by atoms with van der Waals surface area (Å²) in [6.45, 7) is 0.380. The first-order chi connectivity index (χ1) is 14.9. The molecule has 0 fully saturated rings. The third-order valence-corrected chi connectivity index (χ3v) is 7.04. The summed E-state index contributed by atoms with van der Waals surface area (Å²) in [6, 6.07) is 17.0. The predicted molar refractivity (Wildman–Crippen MR) is 115 cm³/mol. The molecule has 0 amide bonds. The van der Waals surface area contributed by atoms with Gasteiger partial charge in [0.2, 0.25) is 0 Å². The van der Waals surface area contributed by atoms with Crippen LogP contribution in [0.1, 0.15) is 23.2 Å². The van der Waals surface area contributed by atoms with E-state index in [1.54, 1.807) is 24.7 Å². The van der Waals surface area contributed by atoms with Gasteiger partial charge in [-0.2, -0.15) is 13.1 Å². The second kappa shape index (κ2) is 9.15. The number of sulfonamides is 1. The lowest BCUT2D eigenvalue weighted by molar-refractivity contribution is 0.216. The zero-order valence-electron chi connectivity index (χ0n) is 16.9. The largest absolute Gasteiger partial charge is 0.361 e. The van der Waals surface area contributed by atoms with Crippen molar-refractivity contribution >= 4 is 15.7 Å². The number of aryl methyl sites for hydroxylation is 1. The number of para-hydroxylation sites is 1. The van der Waals surface area contributed by atoms with Crippen molar-refractivity contribution in [2.75, 3.05) is 11.4 Å². The zero-order valence-corrected chi connectivity index (χ0v) is 17.7. The molecule has 1 aromatic heterocycles. The second-order valence-electron chi connectivity index (χ2n) is 7.61. The maximum absolute atomic E-state index is 13.4. The van der Waals surface area contributed by atoms with E-state index in [9.17, 15) is 17.2 Å². The molecule has 0 bridgehead atoms. The molecule has 4 rings (SSSR count). The summed E-state index contributed by atoms with van der Waals surface area (Å²) < 4.78 is 52.7. The molecule has 9 heteroatoms. The van der Waals surface area contributed by atoms with E-state index >= 15 is 0 Å². The summed E-state index contributed by atoms with van der Waals surface area (Å²) in [5, 5.41) is 0. The molecule has 3 aromatic rings. The summed E-state index contributed by atoms with van der Waals surface area (Å²) in [7, 11) is -4.71. The number of aromatic amines is 1. The number of aromatic nitrogens is 2. The molecule has 1 aliphatic rings. The van der Waals surface area contributed by atoms with Crippen LogP contribution in [0.25, 0.3) is 0 Å². The van der Waals surface area contributed by atoms with Gasteiger partial charge < -0.3 is 9.88 Å². The van der Waals surface area contributed by atoms with Gasteiger partial charge >= 0.3 is 5.76 Å². The Morgan fingerprint density at radius 3 is 2.55 bits per heavy atom. The van der Waals surface area contributed by atoms with Crippen molar-refractivity contribution in [3.8, 4) is 0 Å². The van der Waals surface area contributed by atoms with E-state index in [2.05, 4.69) is 14.9 Å². The first-order valence-electron chi connectivity index (χ1n) is 10.1. The molecule has 6 nitrogen and oxygen atoms in total. The Morgan fingerprint density at radius 1 is 1.10 bits per heavy atom. The van der Waals surface area contributed by atoms with Crippen LogP contribution in [0.15, 0.2) is 67.1 Å². The molecule has 0 saturated carbocycles. The number of H-pyrrole nitrogens is 1. The monoisotopic (exact) mass is 446 g/mol. The number of nitrogens with one attached hydrogen (secondary N) is 1. The SMILES string of the molecule is O=S(=O)(C(F)F)N1Cc2ccccc2N(Cc2cnc[nH]2)[C@H](CCc2ccccc2)C1. The van der Waals surface area contributed by atoms with Crippen molar-refractivity contribution in [3.05, 3.63) is 83.9 Å². The first kappa shape index (κ1) is 21.5. The zero-order chi connectivity index (χ0) is 21.8. The molecule has 1 N–H and O–H groups in total. The number of hydrogen-bond acceptors (Lipinski definition) is 4. The molecule has 0 aliphatic carbocycles. The molecule has 164 valence electrons. The van der Waals surface area contributed by atoms with Gasteiger partial charge in [-0.05, 0) is 30.0 Å². The van der Waals surface area contributed by atoms with E-state index in [4.69, 9.17) is 0 Å². The first-order valence-corrected chi connectivity index (χ1v) is 11.6. The number of nitrogens with zero attached hydrogens (tertiary/aromatic N) is 3. The minimum Gasteiger partial charge on any atom is -0.361 e. The van der Waals surface area contributed by atoms with Crippen LogP contribution in [0.5, 0.6) is 0 Å². The highest BCUT2D eigenvalue weighted by Gasteiger charge is 2.38. The van der Waals surface area contributed by atoms with Crippen molar-refractivity contribution in [1.29, 1.82) is 0 Å². The van der Waals surface area contributed by atoms with Crippen molar-refractivity contribution in [2.24, 2.45) is 0 Å². The third-order valence-electron chi connectivity index (χ3n) is 5.59. The maximum atomic E-state index is 13.4. The molecular weight excluding hydrogens is 422 g/mol. The Bertz CT molecular complexity index is 1090. The van der Waals surface area contributed by atoms with Gasteiger partial charge in [-0.1, -0.05) is 48.5 Å². The minimum atomic E-state index is -4.71. The fourth-order valence-corrected chi connectivity index (χ4v) is 4.93. The number of anilines is 1. The van der Waals surface area contributed by atoms with Gasteiger partial charge in [-0.25, -0.2) is 13.4 Å². The Labute approximate surface area is 180 Å². The van der Waals surface area contributed by atoms with Gasteiger partial charge in [0.05, 0.1) is 18.6 Å². The summed E-state index contributed by atoms with van der Waals surface area (Å²) in [4.78, 5) is 9.26. The molecule has 2 aromatic carbocycles. The molecule has 1 atom stereocenters. The third kappa shape index (κ3) is 4.77. The number of hydrogen-bond donors (Lipinski definition) is 1. The quantitative estimate of drug-likeness (QED) is 0.600. The smallest absolute Gasteiger partial charge is 0.350 e. The Balaban J connectivity index is 1.72. The molecule has 0 spiro atoms. The van der Waals surface area contributed by atoms with Gasteiger partial charge in [-0.15, -0.1) is 0 Å². The topological polar surface area (TPSA) is 69.3 Å². The minimum absolute atomic E-state index is 0.0116. The van der Waals surface area contributed by atoms with E-state index < -0.39 is 15.8 Å². The maximum Gasteiger partial charge on any atom is 0.350 e. The van der Waals surface area contributed by atoms with Crippen molar-refractivity contribution in [2.45, 2.75) is 37.7 Å². The van der Waals surface area contributed by atoms with Gasteiger partial charge in [-0.3, -0.25) is 0 Å². The molecule has 0 saturated heterocycles. The van der Waals surface area contributed by atoms with Gasteiger partial charge in [0.25, 0.3) is 10.0 Å². The van der Waals surface area contributed by atoms with E-state index in [1.807, 2.05) is 42.5 Å². The van der Waals surface area contributed by atoms with Crippen LogP contribution in [0.4, 0.5) is 14.5 Å². The number of halogens is 2. The normalized spacial score (nSPS) is 17.5. The van der Waals surface area contributed by atoms with Crippen LogP contribution in [-0.2, 0) is 29.5 Å². The van der Waals surface area contributed by atoms with E-state index in [0.717, 1.165) is 21.2 Å². The summed E-state index contributed by atoms with van der Waals surface area (Å²) in [6.07, 6.45) is 4.62. The van der Waals surface area contributed by atoms with Crippen LogP contribution in [0, 0.1) is 0 Å². The predicted octanol–water partition coefficient (Wildman–Crippen LogP) is 3.79. The fourth-order valence-electron chi connectivity index (χ4n) is 4.01. The summed E-state index contributed by atoms with van der Waals surface area (Å²) in [5.74, 6) is -3.45. The lowest BCUT2D eigenvalue weighted by Crippen LogP contribution is -2.45. The average Bonchev–Trinajstić information content (AvgIpc) is 3.23. The van der Waals surface area contributed by atoms with E-state index in [0.29, 0.717) is 24.9 Å². The molecule has 2 heterocycles. The Morgan fingerprint density at radius 2 is 1.84 bits per heavy atom. The van der Waals surface area contributed by atoms with Crippen LogP contribution in [0.3, 0.4) is 0 Å². The van der Waals surface area contributed by atoms with Crippen LogP contribution in [0.2, 0.25) is 0 Å². The summed E-state index contributed by atoms with van der Waals surface area (Å²) >= 11 is 0. The Hall–Kier alpha value is -2.78. The number of alkyl halides is 2. The average molecular weight is 447 g/mol. The van der Waals surface area contributed by atoms with Crippen LogP contribution >= 0.6 is 0 Å². The van der Waals surface area contributed by atoms with Gasteiger partial charge in [0, 0.05) is 31.0 Å². The van der Waals surface area contributed by atoms with Gasteiger partial charge in [0.1, 0.15) is 0 Å². The molecule has 1 aliphatic heterocycles. The fraction of sp³-hybridized carbons (Fsp3) is 0.318. The van der Waals surface area contributed by atoms with Crippen molar-refractivity contribution < 1.29 is 17.2 Å². The number of fused-ring (bicyclic) bond motifs is 1. The Kier molecular flexibility index (Phi) is 6.33.